The molecule has 5 heteroatoms. The number of aryl methyl sites for hydroxylation is 2. The Bertz CT molecular complexity index is 3480. The van der Waals surface area contributed by atoms with Crippen molar-refractivity contribution < 1.29 is 4.74 Å². The quantitative estimate of drug-likeness (QED) is 0.160. The van der Waals surface area contributed by atoms with E-state index in [4.69, 9.17) is 4.74 Å². The second-order valence-electron chi connectivity index (χ2n) is 24.5. The van der Waals surface area contributed by atoms with Gasteiger partial charge in [0.2, 0.25) is 0 Å². The van der Waals surface area contributed by atoms with E-state index in [1.54, 1.807) is 0 Å². The molecule has 2 aliphatic heterocycles. The molecule has 0 radical (unpaired) electrons. The summed E-state index contributed by atoms with van der Waals surface area (Å²) in [7, 11) is 0. The van der Waals surface area contributed by atoms with Crippen LogP contribution in [0.4, 0.5) is 34.1 Å². The average molecular weight is 947 g/mol. The molecule has 2 aliphatic rings. The number of anilines is 6. The van der Waals surface area contributed by atoms with Crippen LogP contribution in [0, 0.1) is 13.8 Å². The SMILES string of the molecule is Cc1cc(C)cc(-c2cc3c4c(c2)N(c2ccc(C(C)(C)C)cc2)c2ccc(C(C)(C)C)cc2B4c2cc4sc5ccccc5c4c(N(c4ccc(C(C)(C)C)cc4)c4ccc(C(C)(C)C)cc4)c2O3)c1. The molecule has 356 valence electrons. The highest BCUT2D eigenvalue weighted by Gasteiger charge is 2.45. The van der Waals surface area contributed by atoms with Crippen LogP contribution >= 0.6 is 11.3 Å². The Morgan fingerprint density at radius 1 is 0.479 bits per heavy atom. The Hall–Kier alpha value is -6.56. The van der Waals surface area contributed by atoms with Crippen molar-refractivity contribution in [3.8, 4) is 22.6 Å². The third-order valence-electron chi connectivity index (χ3n) is 15.0. The minimum Gasteiger partial charge on any atom is -0.456 e. The molecule has 0 saturated heterocycles. The zero-order valence-electron chi connectivity index (χ0n) is 44.2. The van der Waals surface area contributed by atoms with Gasteiger partial charge in [0.1, 0.15) is 11.5 Å². The number of ether oxygens (including phenoxy) is 1. The molecule has 0 amide bonds. The van der Waals surface area contributed by atoms with Gasteiger partial charge in [-0.2, -0.15) is 0 Å². The van der Waals surface area contributed by atoms with Crippen LogP contribution < -0.4 is 30.9 Å². The molecule has 71 heavy (non-hydrogen) atoms. The van der Waals surface area contributed by atoms with Crippen LogP contribution in [0.2, 0.25) is 0 Å². The minimum absolute atomic E-state index is 0.00131. The summed E-state index contributed by atoms with van der Waals surface area (Å²) in [6.45, 7) is 31.9. The number of hydrogen-bond donors (Lipinski definition) is 0. The van der Waals surface area contributed by atoms with Crippen molar-refractivity contribution in [2.45, 2.75) is 119 Å². The Balaban J connectivity index is 1.27. The Kier molecular flexibility index (Phi) is 10.9. The summed E-state index contributed by atoms with van der Waals surface area (Å²) in [4.78, 5) is 5.01. The Labute approximate surface area is 427 Å². The van der Waals surface area contributed by atoms with Gasteiger partial charge < -0.3 is 14.5 Å². The van der Waals surface area contributed by atoms with E-state index in [0.717, 1.165) is 45.5 Å². The van der Waals surface area contributed by atoms with Crippen LogP contribution in [-0.2, 0) is 21.7 Å². The van der Waals surface area contributed by atoms with Gasteiger partial charge in [0.15, 0.2) is 0 Å². The molecule has 3 nitrogen and oxygen atoms in total. The molecule has 8 aromatic carbocycles. The topological polar surface area (TPSA) is 15.7 Å². The van der Waals surface area contributed by atoms with Crippen molar-refractivity contribution in [2.24, 2.45) is 0 Å². The van der Waals surface area contributed by atoms with Crippen molar-refractivity contribution >= 4 is 88.7 Å². The highest BCUT2D eigenvalue weighted by molar-refractivity contribution is 7.26. The lowest BCUT2D eigenvalue weighted by molar-refractivity contribution is 0.489. The van der Waals surface area contributed by atoms with Crippen molar-refractivity contribution in [1.82, 2.24) is 0 Å². The van der Waals surface area contributed by atoms with Gasteiger partial charge in [0.05, 0.1) is 5.69 Å². The molecule has 0 bridgehead atoms. The van der Waals surface area contributed by atoms with E-state index < -0.39 is 0 Å². The first-order chi connectivity index (χ1) is 33.5. The van der Waals surface area contributed by atoms with Gasteiger partial charge in [-0.3, -0.25) is 0 Å². The lowest BCUT2D eigenvalue weighted by Crippen LogP contribution is -2.59. The van der Waals surface area contributed by atoms with Crippen molar-refractivity contribution in [2.75, 3.05) is 9.80 Å². The fourth-order valence-corrected chi connectivity index (χ4v) is 12.2. The maximum Gasteiger partial charge on any atom is 0.256 e. The third kappa shape index (κ3) is 8.15. The van der Waals surface area contributed by atoms with Crippen LogP contribution in [-0.4, -0.2) is 6.71 Å². The largest absolute Gasteiger partial charge is 0.456 e. The summed E-state index contributed by atoms with van der Waals surface area (Å²) in [6.07, 6.45) is 0. The maximum absolute atomic E-state index is 7.88. The van der Waals surface area contributed by atoms with E-state index in [0.29, 0.717) is 0 Å². The zero-order chi connectivity index (χ0) is 50.1. The van der Waals surface area contributed by atoms with Crippen LogP contribution in [0.1, 0.15) is 116 Å². The van der Waals surface area contributed by atoms with E-state index in [9.17, 15) is 0 Å². The molecule has 0 fully saturated rings. The van der Waals surface area contributed by atoms with E-state index in [2.05, 4.69) is 258 Å². The smallest absolute Gasteiger partial charge is 0.256 e. The fraction of sp³-hybridized carbons (Fsp3) is 0.273. The van der Waals surface area contributed by atoms with Crippen LogP contribution in [0.3, 0.4) is 0 Å². The van der Waals surface area contributed by atoms with Gasteiger partial charge in [-0.05, 0) is 152 Å². The molecule has 0 N–H and O–H groups in total. The molecule has 0 aliphatic carbocycles. The van der Waals surface area contributed by atoms with E-state index >= 15 is 0 Å². The van der Waals surface area contributed by atoms with Crippen LogP contribution in [0.15, 0.2) is 152 Å². The molecule has 9 aromatic rings. The predicted molar refractivity (Wildman–Crippen MR) is 310 cm³/mol. The first-order valence-corrected chi connectivity index (χ1v) is 26.3. The third-order valence-corrected chi connectivity index (χ3v) is 16.1. The molecule has 0 spiro atoms. The summed E-state index contributed by atoms with van der Waals surface area (Å²) in [6, 6.07) is 58.2. The molecular formula is C66H67BN2OS. The molecule has 1 aromatic heterocycles. The van der Waals surface area contributed by atoms with Crippen LogP contribution in [0.5, 0.6) is 11.5 Å². The number of nitrogens with zero attached hydrogens (tertiary/aromatic N) is 2. The zero-order valence-corrected chi connectivity index (χ0v) is 45.0. The van der Waals surface area contributed by atoms with Crippen molar-refractivity contribution in [3.63, 3.8) is 0 Å². The highest BCUT2D eigenvalue weighted by atomic mass is 32.1. The number of benzene rings is 8. The summed E-state index contributed by atoms with van der Waals surface area (Å²) in [5, 5.41) is 2.44. The second kappa shape index (κ2) is 16.5. The fourth-order valence-electron chi connectivity index (χ4n) is 11.1. The molecule has 0 saturated carbocycles. The van der Waals surface area contributed by atoms with Gasteiger partial charge in [-0.15, -0.1) is 11.3 Å². The molecular weight excluding hydrogens is 880 g/mol. The number of thiophene rings is 1. The minimum atomic E-state index is -0.124. The lowest BCUT2D eigenvalue weighted by Gasteiger charge is -2.42. The number of hydrogen-bond acceptors (Lipinski definition) is 4. The summed E-state index contributed by atoms with van der Waals surface area (Å²) in [5.74, 6) is 1.79. The van der Waals surface area contributed by atoms with Gasteiger partial charge in [0, 0.05) is 48.6 Å². The molecule has 3 heterocycles. The molecule has 0 atom stereocenters. The first kappa shape index (κ1) is 46.8. The second-order valence-corrected chi connectivity index (χ2v) is 25.6. The number of fused-ring (bicyclic) bond motifs is 7. The van der Waals surface area contributed by atoms with Crippen LogP contribution in [0.25, 0.3) is 31.3 Å². The maximum atomic E-state index is 7.88. The van der Waals surface area contributed by atoms with Gasteiger partial charge in [-0.1, -0.05) is 179 Å². The Morgan fingerprint density at radius 2 is 1.00 bits per heavy atom. The van der Waals surface area contributed by atoms with Gasteiger partial charge >= 0.3 is 0 Å². The summed E-state index contributed by atoms with van der Waals surface area (Å²) >= 11 is 1.88. The normalized spacial score (nSPS) is 13.5. The monoisotopic (exact) mass is 947 g/mol. The van der Waals surface area contributed by atoms with E-state index in [1.165, 1.54) is 81.2 Å². The lowest BCUT2D eigenvalue weighted by atomic mass is 9.34. The summed E-state index contributed by atoms with van der Waals surface area (Å²) in [5.41, 5.74) is 20.4. The highest BCUT2D eigenvalue weighted by Crippen LogP contribution is 2.53. The summed E-state index contributed by atoms with van der Waals surface area (Å²) < 4.78 is 10.4. The van der Waals surface area contributed by atoms with Gasteiger partial charge in [0.25, 0.3) is 6.71 Å². The Morgan fingerprint density at radius 3 is 1.56 bits per heavy atom. The van der Waals surface area contributed by atoms with E-state index in [1.807, 2.05) is 11.3 Å². The van der Waals surface area contributed by atoms with Crippen molar-refractivity contribution in [3.05, 3.63) is 185 Å². The number of rotatable bonds is 5. The molecule has 11 rings (SSSR count). The standard InChI is InChI=1S/C66H67BN2OS/c1-40-33-41(2)35-42(34-40)43-36-55-60-56(37-43)70-62-53(67(60)52-38-47(66(12,13)14)25-32-54(52)69(55)50-30-23-46(24-31-50)65(9,10)11)39-58-59(51-17-15-16-18-57(51)71-58)61(62)68(48-26-19-44(20-27-48)63(3,4)5)49-28-21-45(22-29-49)64(6,7)8/h15-39H,1-14H3. The first-order valence-electron chi connectivity index (χ1n) is 25.5. The van der Waals surface area contributed by atoms with E-state index in [-0.39, 0.29) is 28.4 Å². The average Bonchev–Trinajstić information content (AvgIpc) is 3.68. The predicted octanol–water partition coefficient (Wildman–Crippen LogP) is 17.4. The van der Waals surface area contributed by atoms with Gasteiger partial charge in [-0.25, -0.2) is 0 Å². The van der Waals surface area contributed by atoms with Crippen molar-refractivity contribution in [1.29, 1.82) is 0 Å². The molecule has 0 unspecified atom stereocenters.